The first-order chi connectivity index (χ1) is 11.2. The van der Waals surface area contributed by atoms with Crippen molar-refractivity contribution >= 4 is 35.8 Å². The zero-order chi connectivity index (χ0) is 16.9. The molecule has 1 rings (SSSR count). The molecule has 1 aliphatic heterocycles. The first-order valence-corrected chi connectivity index (χ1v) is 9.09. The molecule has 0 aliphatic carbocycles. The Balaban J connectivity index is 0.00000529. The normalized spacial score (nSPS) is 16.4. The van der Waals surface area contributed by atoms with Crippen LogP contribution in [0.15, 0.2) is 4.99 Å². The van der Waals surface area contributed by atoms with E-state index in [0.29, 0.717) is 13.0 Å². The molecule has 0 aromatic rings. The highest BCUT2D eigenvalue weighted by Crippen LogP contribution is 2.15. The molecule has 7 heteroatoms. The topological polar surface area (TPSA) is 68.8 Å². The number of hydrogen-bond acceptors (Lipinski definition) is 3. The van der Waals surface area contributed by atoms with Crippen LogP contribution in [0.1, 0.15) is 46.0 Å². The van der Waals surface area contributed by atoms with Gasteiger partial charge < -0.3 is 20.9 Å². The van der Waals surface area contributed by atoms with E-state index in [1.807, 2.05) is 0 Å². The van der Waals surface area contributed by atoms with Gasteiger partial charge >= 0.3 is 0 Å². The molecule has 0 aromatic heterocycles. The molecule has 0 saturated carbocycles. The second-order valence-electron chi connectivity index (χ2n) is 6.40. The van der Waals surface area contributed by atoms with E-state index in [0.717, 1.165) is 44.4 Å². The van der Waals surface area contributed by atoms with Crippen molar-refractivity contribution in [2.45, 2.75) is 46.0 Å². The Labute approximate surface area is 164 Å². The van der Waals surface area contributed by atoms with Crippen LogP contribution >= 0.6 is 24.0 Å². The van der Waals surface area contributed by atoms with E-state index < -0.39 is 0 Å². The van der Waals surface area contributed by atoms with E-state index >= 15 is 0 Å². The number of guanidine groups is 1. The van der Waals surface area contributed by atoms with Crippen molar-refractivity contribution in [1.29, 1.82) is 0 Å². The summed E-state index contributed by atoms with van der Waals surface area (Å²) in [6, 6.07) is 0. The molecule has 0 unspecified atom stereocenters. The number of rotatable bonds is 9. The summed E-state index contributed by atoms with van der Waals surface area (Å²) in [6.45, 7) is 10.3. The molecule has 0 spiro atoms. The zero-order valence-electron chi connectivity index (χ0n) is 15.6. The molecule has 1 aliphatic rings. The van der Waals surface area contributed by atoms with E-state index in [1.165, 1.54) is 25.9 Å². The van der Waals surface area contributed by atoms with Gasteiger partial charge in [-0.1, -0.05) is 13.8 Å². The van der Waals surface area contributed by atoms with Gasteiger partial charge in [0.1, 0.15) is 0 Å². The van der Waals surface area contributed by atoms with Crippen molar-refractivity contribution < 1.29 is 4.79 Å². The molecule has 6 nitrogen and oxygen atoms in total. The smallest absolute Gasteiger partial charge is 0.221 e. The molecule has 142 valence electrons. The van der Waals surface area contributed by atoms with Gasteiger partial charge in [-0.15, -0.1) is 24.0 Å². The fraction of sp³-hybridized carbons (Fsp3) is 0.882. The van der Waals surface area contributed by atoms with Crippen LogP contribution in [0.3, 0.4) is 0 Å². The van der Waals surface area contributed by atoms with Crippen molar-refractivity contribution in [3.8, 4) is 0 Å². The minimum atomic E-state index is 0. The largest absolute Gasteiger partial charge is 0.356 e. The number of carbonyl (C=O) groups is 1. The first-order valence-electron chi connectivity index (χ1n) is 9.09. The number of piperidine rings is 1. The highest BCUT2D eigenvalue weighted by Gasteiger charge is 2.14. The van der Waals surface area contributed by atoms with Gasteiger partial charge in [-0.05, 0) is 51.2 Å². The number of carbonyl (C=O) groups excluding carboxylic acids is 1. The number of hydrogen-bond donors (Lipinski definition) is 3. The summed E-state index contributed by atoms with van der Waals surface area (Å²) in [4.78, 5) is 18.3. The summed E-state index contributed by atoms with van der Waals surface area (Å²) < 4.78 is 0. The number of likely N-dealkylation sites (tertiary alicyclic amines) is 1. The van der Waals surface area contributed by atoms with Crippen LogP contribution in [-0.2, 0) is 4.79 Å². The lowest BCUT2D eigenvalue weighted by molar-refractivity contribution is -0.120. The predicted octanol–water partition coefficient (Wildman–Crippen LogP) is 1.81. The summed E-state index contributed by atoms with van der Waals surface area (Å²) in [7, 11) is 1.76. The Morgan fingerprint density at radius 2 is 1.79 bits per heavy atom. The Morgan fingerprint density at radius 1 is 1.12 bits per heavy atom. The summed E-state index contributed by atoms with van der Waals surface area (Å²) in [5.74, 6) is 1.76. The Morgan fingerprint density at radius 3 is 2.42 bits per heavy atom. The summed E-state index contributed by atoms with van der Waals surface area (Å²) in [5, 5.41) is 9.37. The molecular weight excluding hydrogens is 417 g/mol. The van der Waals surface area contributed by atoms with Crippen molar-refractivity contribution in [2.24, 2.45) is 10.9 Å². The quantitative estimate of drug-likeness (QED) is 0.216. The third kappa shape index (κ3) is 11.1. The minimum absolute atomic E-state index is 0. The SMILES string of the molecule is CCCNC(=O)CCNC(=NC)NCCCN1CCC(C)CC1.I. The highest BCUT2D eigenvalue weighted by atomic mass is 127. The van der Waals surface area contributed by atoms with Gasteiger partial charge in [0, 0.05) is 33.1 Å². The molecule has 3 N–H and O–H groups in total. The van der Waals surface area contributed by atoms with Crippen LogP contribution in [0.25, 0.3) is 0 Å². The van der Waals surface area contributed by atoms with Crippen LogP contribution < -0.4 is 16.0 Å². The third-order valence-corrected chi connectivity index (χ3v) is 4.26. The lowest BCUT2D eigenvalue weighted by Gasteiger charge is -2.30. The van der Waals surface area contributed by atoms with E-state index in [9.17, 15) is 4.79 Å². The van der Waals surface area contributed by atoms with Gasteiger partial charge in [-0.25, -0.2) is 0 Å². The lowest BCUT2D eigenvalue weighted by atomic mass is 9.99. The standard InChI is InChI=1S/C17H35N5O.HI/c1-4-9-19-16(23)6-11-21-17(18-3)20-10-5-12-22-13-7-15(2)8-14-22;/h15H,4-14H2,1-3H3,(H,19,23)(H2,18,20,21);1H. The molecule has 0 radical (unpaired) electrons. The van der Waals surface area contributed by atoms with E-state index in [2.05, 4.69) is 39.7 Å². The summed E-state index contributed by atoms with van der Waals surface area (Å²) in [5.41, 5.74) is 0. The van der Waals surface area contributed by atoms with Gasteiger partial charge in [0.25, 0.3) is 0 Å². The molecule has 1 saturated heterocycles. The number of amides is 1. The van der Waals surface area contributed by atoms with E-state index in [-0.39, 0.29) is 29.9 Å². The second-order valence-corrected chi connectivity index (χ2v) is 6.40. The van der Waals surface area contributed by atoms with Crippen LogP contribution in [0.4, 0.5) is 0 Å². The maximum absolute atomic E-state index is 11.5. The van der Waals surface area contributed by atoms with Gasteiger partial charge in [0.05, 0.1) is 0 Å². The Hall–Kier alpha value is -0.570. The second kappa shape index (κ2) is 14.7. The van der Waals surface area contributed by atoms with Gasteiger partial charge in [-0.3, -0.25) is 9.79 Å². The maximum atomic E-state index is 11.5. The van der Waals surface area contributed by atoms with E-state index in [4.69, 9.17) is 0 Å². The molecule has 0 atom stereocenters. The fourth-order valence-corrected chi connectivity index (χ4v) is 2.66. The average molecular weight is 453 g/mol. The van der Waals surface area contributed by atoms with Crippen LogP contribution in [-0.4, -0.2) is 63.1 Å². The van der Waals surface area contributed by atoms with Crippen molar-refractivity contribution in [3.05, 3.63) is 0 Å². The predicted molar refractivity (Wildman–Crippen MR) is 112 cm³/mol. The lowest BCUT2D eigenvalue weighted by Crippen LogP contribution is -2.41. The Kier molecular flexibility index (Phi) is 14.4. The van der Waals surface area contributed by atoms with E-state index in [1.54, 1.807) is 7.05 Å². The van der Waals surface area contributed by atoms with Crippen LogP contribution in [0, 0.1) is 5.92 Å². The fourth-order valence-electron chi connectivity index (χ4n) is 2.66. The van der Waals surface area contributed by atoms with Crippen molar-refractivity contribution in [1.82, 2.24) is 20.9 Å². The van der Waals surface area contributed by atoms with Gasteiger partial charge in [-0.2, -0.15) is 0 Å². The van der Waals surface area contributed by atoms with Crippen molar-refractivity contribution in [3.63, 3.8) is 0 Å². The molecule has 1 heterocycles. The zero-order valence-corrected chi connectivity index (χ0v) is 17.9. The first kappa shape index (κ1) is 23.4. The molecule has 0 aromatic carbocycles. The maximum Gasteiger partial charge on any atom is 0.221 e. The number of nitrogens with zero attached hydrogens (tertiary/aromatic N) is 2. The van der Waals surface area contributed by atoms with Gasteiger partial charge in [0.15, 0.2) is 5.96 Å². The molecule has 1 fully saturated rings. The third-order valence-electron chi connectivity index (χ3n) is 4.26. The molecule has 0 bridgehead atoms. The Bertz CT molecular complexity index is 357. The molecule has 1 amide bonds. The molecule has 24 heavy (non-hydrogen) atoms. The van der Waals surface area contributed by atoms with Crippen LogP contribution in [0.2, 0.25) is 0 Å². The highest BCUT2D eigenvalue weighted by molar-refractivity contribution is 14.0. The van der Waals surface area contributed by atoms with Gasteiger partial charge in [0.2, 0.25) is 5.91 Å². The number of halogens is 1. The number of nitrogens with one attached hydrogen (secondary N) is 3. The monoisotopic (exact) mass is 453 g/mol. The summed E-state index contributed by atoms with van der Waals surface area (Å²) in [6.07, 6.45) is 5.23. The molecular formula is C17H36IN5O. The minimum Gasteiger partial charge on any atom is -0.356 e. The average Bonchev–Trinajstić information content (AvgIpc) is 2.56. The van der Waals surface area contributed by atoms with Crippen molar-refractivity contribution in [2.75, 3.05) is 46.3 Å². The summed E-state index contributed by atoms with van der Waals surface area (Å²) >= 11 is 0. The number of aliphatic imine (C=N–C) groups is 1. The van der Waals surface area contributed by atoms with Crippen LogP contribution in [0.5, 0.6) is 0 Å².